The molecule has 0 aromatic heterocycles. The fourth-order valence-corrected chi connectivity index (χ4v) is 3.11. The number of imide groups is 1. The quantitative estimate of drug-likeness (QED) is 0.556. The molecule has 3 amide bonds. The van der Waals surface area contributed by atoms with Crippen LogP contribution in [0.3, 0.4) is 0 Å². The number of hydrogen-bond donors (Lipinski definition) is 1. The van der Waals surface area contributed by atoms with Crippen LogP contribution in [0.5, 0.6) is 0 Å². The molecule has 0 saturated heterocycles. The van der Waals surface area contributed by atoms with Crippen molar-refractivity contribution in [2.75, 3.05) is 10.2 Å². The molecule has 0 radical (unpaired) electrons. The van der Waals surface area contributed by atoms with Crippen molar-refractivity contribution in [1.82, 2.24) is 0 Å². The molecule has 4 rings (SSSR count). The minimum absolute atomic E-state index is 0.206. The van der Waals surface area contributed by atoms with Crippen molar-refractivity contribution in [3.8, 4) is 0 Å². The Morgan fingerprint density at radius 2 is 1.46 bits per heavy atom. The van der Waals surface area contributed by atoms with Gasteiger partial charge in [0.15, 0.2) is 0 Å². The summed E-state index contributed by atoms with van der Waals surface area (Å²) in [6.07, 6.45) is 3.08. The van der Waals surface area contributed by atoms with Crippen molar-refractivity contribution < 1.29 is 14.4 Å². The molecule has 0 spiro atoms. The highest BCUT2D eigenvalue weighted by Crippen LogP contribution is 2.32. The van der Waals surface area contributed by atoms with E-state index in [1.54, 1.807) is 48.5 Å². The second-order valence-electron chi connectivity index (χ2n) is 6.24. The van der Waals surface area contributed by atoms with Crippen LogP contribution < -0.4 is 10.2 Å². The van der Waals surface area contributed by atoms with Gasteiger partial charge in [0.1, 0.15) is 0 Å². The zero-order valence-corrected chi connectivity index (χ0v) is 14.8. The molecule has 3 aromatic rings. The Balaban J connectivity index is 1.61. The lowest BCUT2D eigenvalue weighted by molar-refractivity contribution is -0.111. The molecule has 0 unspecified atom stereocenters. The van der Waals surface area contributed by atoms with Gasteiger partial charge in [-0.3, -0.25) is 14.4 Å². The van der Waals surface area contributed by atoms with E-state index in [1.807, 2.05) is 36.4 Å². The normalized spacial score (nSPS) is 13.1. The summed E-state index contributed by atoms with van der Waals surface area (Å²) in [5.41, 5.74) is 2.18. The number of hydrogen-bond acceptors (Lipinski definition) is 3. The highest BCUT2D eigenvalue weighted by Gasteiger charge is 2.38. The SMILES string of the molecule is O=C(C=Cc1ccccc1)Nc1cccc2c1C(=O)N(c1ccccc1)C2=O. The maximum Gasteiger partial charge on any atom is 0.268 e. The van der Waals surface area contributed by atoms with E-state index in [0.717, 1.165) is 10.5 Å². The zero-order chi connectivity index (χ0) is 19.5. The molecule has 5 heteroatoms. The first-order chi connectivity index (χ1) is 13.6. The number of nitrogens with zero attached hydrogens (tertiary/aromatic N) is 1. The minimum atomic E-state index is -0.450. The van der Waals surface area contributed by atoms with E-state index in [9.17, 15) is 14.4 Å². The maximum absolute atomic E-state index is 12.9. The number of nitrogens with one attached hydrogen (secondary N) is 1. The maximum atomic E-state index is 12.9. The molecule has 1 heterocycles. The summed E-state index contributed by atoms with van der Waals surface area (Å²) in [5.74, 6) is -1.23. The van der Waals surface area contributed by atoms with Gasteiger partial charge >= 0.3 is 0 Å². The van der Waals surface area contributed by atoms with Gasteiger partial charge in [-0.1, -0.05) is 54.6 Å². The second kappa shape index (κ2) is 7.32. The number of benzene rings is 3. The predicted molar refractivity (Wildman–Crippen MR) is 108 cm³/mol. The first-order valence-electron chi connectivity index (χ1n) is 8.76. The Morgan fingerprint density at radius 3 is 2.18 bits per heavy atom. The van der Waals surface area contributed by atoms with Gasteiger partial charge in [-0.2, -0.15) is 0 Å². The van der Waals surface area contributed by atoms with Crippen molar-refractivity contribution in [3.63, 3.8) is 0 Å². The van der Waals surface area contributed by atoms with Crippen LogP contribution in [0, 0.1) is 0 Å². The van der Waals surface area contributed by atoms with E-state index in [-0.39, 0.29) is 17.0 Å². The van der Waals surface area contributed by atoms with E-state index in [4.69, 9.17) is 0 Å². The van der Waals surface area contributed by atoms with Crippen LogP contribution in [0.25, 0.3) is 6.08 Å². The van der Waals surface area contributed by atoms with Gasteiger partial charge in [0.05, 0.1) is 22.5 Å². The van der Waals surface area contributed by atoms with Crippen molar-refractivity contribution in [2.24, 2.45) is 0 Å². The third-order valence-electron chi connectivity index (χ3n) is 4.41. The van der Waals surface area contributed by atoms with Crippen LogP contribution in [0.2, 0.25) is 0 Å². The average Bonchev–Trinajstić information content (AvgIpc) is 2.99. The molecule has 28 heavy (non-hydrogen) atoms. The first kappa shape index (κ1) is 17.4. The molecule has 1 N–H and O–H groups in total. The van der Waals surface area contributed by atoms with Crippen molar-refractivity contribution in [1.29, 1.82) is 0 Å². The molecule has 0 saturated carbocycles. The van der Waals surface area contributed by atoms with Gasteiger partial charge < -0.3 is 5.32 Å². The minimum Gasteiger partial charge on any atom is -0.322 e. The first-order valence-corrected chi connectivity index (χ1v) is 8.76. The fourth-order valence-electron chi connectivity index (χ4n) is 3.11. The summed E-state index contributed by atoms with van der Waals surface area (Å²) in [7, 11) is 0. The Morgan fingerprint density at radius 1 is 0.786 bits per heavy atom. The van der Waals surface area contributed by atoms with Crippen LogP contribution in [-0.4, -0.2) is 17.7 Å². The number of rotatable bonds is 4. The van der Waals surface area contributed by atoms with Gasteiger partial charge in [-0.25, -0.2) is 4.90 Å². The number of fused-ring (bicyclic) bond motifs is 1. The summed E-state index contributed by atoms with van der Waals surface area (Å²) in [4.78, 5) is 39.1. The van der Waals surface area contributed by atoms with Gasteiger partial charge in [-0.15, -0.1) is 0 Å². The number of anilines is 2. The monoisotopic (exact) mass is 368 g/mol. The van der Waals surface area contributed by atoms with Crippen molar-refractivity contribution in [2.45, 2.75) is 0 Å². The number of carbonyl (C=O) groups excluding carboxylic acids is 3. The molecule has 0 aliphatic carbocycles. The van der Waals surface area contributed by atoms with Crippen LogP contribution in [-0.2, 0) is 4.79 Å². The molecule has 0 fully saturated rings. The standard InChI is InChI=1S/C23H16N2O3/c26-20(15-14-16-8-3-1-4-9-16)24-19-13-7-12-18-21(19)23(28)25(22(18)27)17-10-5-2-6-11-17/h1-15H,(H,24,26). The van der Waals surface area contributed by atoms with Crippen LogP contribution in [0.1, 0.15) is 26.3 Å². The van der Waals surface area contributed by atoms with Gasteiger partial charge in [-0.05, 0) is 35.9 Å². The third-order valence-corrected chi connectivity index (χ3v) is 4.41. The number of amides is 3. The zero-order valence-electron chi connectivity index (χ0n) is 14.8. The predicted octanol–water partition coefficient (Wildman–Crippen LogP) is 4.14. The van der Waals surface area contributed by atoms with Crippen LogP contribution in [0.4, 0.5) is 11.4 Å². The number of carbonyl (C=O) groups is 3. The summed E-state index contributed by atoms with van der Waals surface area (Å²) in [5, 5.41) is 2.71. The van der Waals surface area contributed by atoms with E-state index in [2.05, 4.69) is 5.32 Å². The van der Waals surface area contributed by atoms with Gasteiger partial charge in [0.2, 0.25) is 5.91 Å². The Kier molecular flexibility index (Phi) is 4.56. The van der Waals surface area contributed by atoms with Gasteiger partial charge in [0.25, 0.3) is 11.8 Å². The van der Waals surface area contributed by atoms with E-state index in [1.165, 1.54) is 6.08 Å². The Labute approximate surface area is 161 Å². The smallest absolute Gasteiger partial charge is 0.268 e. The average molecular weight is 368 g/mol. The lowest BCUT2D eigenvalue weighted by Gasteiger charge is -2.13. The highest BCUT2D eigenvalue weighted by molar-refractivity contribution is 6.36. The molecule has 0 atom stereocenters. The molecule has 1 aliphatic rings. The highest BCUT2D eigenvalue weighted by atomic mass is 16.2. The molecular formula is C23H16N2O3. The van der Waals surface area contributed by atoms with E-state index >= 15 is 0 Å². The van der Waals surface area contributed by atoms with Crippen molar-refractivity contribution >= 4 is 35.2 Å². The number of para-hydroxylation sites is 1. The lowest BCUT2D eigenvalue weighted by atomic mass is 10.1. The lowest BCUT2D eigenvalue weighted by Crippen LogP contribution is -2.29. The molecule has 136 valence electrons. The summed E-state index contributed by atoms with van der Waals surface area (Å²) < 4.78 is 0. The van der Waals surface area contributed by atoms with E-state index < -0.39 is 11.8 Å². The fraction of sp³-hybridized carbons (Fsp3) is 0. The van der Waals surface area contributed by atoms with E-state index in [0.29, 0.717) is 11.4 Å². The second-order valence-corrected chi connectivity index (χ2v) is 6.24. The molecular weight excluding hydrogens is 352 g/mol. The van der Waals surface area contributed by atoms with Crippen LogP contribution >= 0.6 is 0 Å². The molecule has 5 nitrogen and oxygen atoms in total. The molecule has 3 aromatic carbocycles. The summed E-state index contributed by atoms with van der Waals surface area (Å²) in [6.45, 7) is 0. The van der Waals surface area contributed by atoms with Crippen LogP contribution in [0.15, 0.2) is 84.9 Å². The topological polar surface area (TPSA) is 66.5 Å². The van der Waals surface area contributed by atoms with Gasteiger partial charge in [0, 0.05) is 6.08 Å². The third kappa shape index (κ3) is 3.21. The molecule has 0 bridgehead atoms. The largest absolute Gasteiger partial charge is 0.322 e. The summed E-state index contributed by atoms with van der Waals surface area (Å²) in [6, 6.07) is 23.0. The van der Waals surface area contributed by atoms with Crippen molar-refractivity contribution in [3.05, 3.63) is 102 Å². The Bertz CT molecular complexity index is 1090. The summed E-state index contributed by atoms with van der Waals surface area (Å²) >= 11 is 0. The Hall–Kier alpha value is -3.99. The molecule has 1 aliphatic heterocycles.